The van der Waals surface area contributed by atoms with Crippen LogP contribution in [0.25, 0.3) is 0 Å². The van der Waals surface area contributed by atoms with Crippen LogP contribution in [0, 0.1) is 10.8 Å². The van der Waals surface area contributed by atoms with Crippen LogP contribution in [0.1, 0.15) is 48.0 Å². The van der Waals surface area contributed by atoms with E-state index in [1.807, 2.05) is 0 Å². The Morgan fingerprint density at radius 1 is 0.963 bits per heavy atom. The fourth-order valence-corrected chi connectivity index (χ4v) is 1.77. The fourth-order valence-electron chi connectivity index (χ4n) is 1.77. The van der Waals surface area contributed by atoms with E-state index in [9.17, 15) is 24.3 Å². The van der Waals surface area contributed by atoms with Crippen LogP contribution in [-0.2, 0) is 28.7 Å². The lowest BCUT2D eigenvalue weighted by atomic mass is 9.86. The predicted octanol–water partition coefficient (Wildman–Crippen LogP) is 0.148. The first kappa shape index (κ1) is 24.8. The number of aliphatic hydroxyl groups is 1. The summed E-state index contributed by atoms with van der Waals surface area (Å²) in [7, 11) is 0. The fraction of sp³-hybridized carbons (Fsp3) is 0.778. The molecule has 0 saturated carbocycles. The third kappa shape index (κ3) is 10.5. The molecule has 0 aromatic heterocycles. The van der Waals surface area contributed by atoms with Crippen molar-refractivity contribution in [1.29, 1.82) is 0 Å². The van der Waals surface area contributed by atoms with Gasteiger partial charge in [0.15, 0.2) is 0 Å². The molecule has 0 fully saturated rings. The molecule has 0 rings (SSSR count). The molecule has 2 amide bonds. The molecule has 9 nitrogen and oxygen atoms in total. The SMILES string of the molecule is CC(=O)OCCNC(=O)CCNC(=O)C(O)C(C)(C)COC(=O)C(C)(C)C. The second-order valence-corrected chi connectivity index (χ2v) is 7.95. The van der Waals surface area contributed by atoms with E-state index in [0.717, 1.165) is 0 Å². The lowest BCUT2D eigenvalue weighted by molar-refractivity contribution is -0.161. The molecule has 0 heterocycles. The van der Waals surface area contributed by atoms with Crippen LogP contribution in [0.4, 0.5) is 0 Å². The van der Waals surface area contributed by atoms with E-state index in [4.69, 9.17) is 4.74 Å². The standard InChI is InChI=1S/C18H32N2O7/c1-12(21)26-10-9-19-13(22)7-8-20-15(24)14(23)18(5,6)11-27-16(25)17(2,3)4/h14,23H,7-11H2,1-6H3,(H,19,22)(H,20,24). The summed E-state index contributed by atoms with van der Waals surface area (Å²) in [5, 5.41) is 15.2. The van der Waals surface area contributed by atoms with Crippen LogP contribution >= 0.6 is 0 Å². The number of hydrogen-bond donors (Lipinski definition) is 3. The summed E-state index contributed by atoms with van der Waals surface area (Å²) in [6.07, 6.45) is -1.39. The van der Waals surface area contributed by atoms with Crippen molar-refractivity contribution in [3.8, 4) is 0 Å². The molecule has 0 aromatic rings. The summed E-state index contributed by atoms with van der Waals surface area (Å²) >= 11 is 0. The van der Waals surface area contributed by atoms with E-state index in [-0.39, 0.29) is 38.6 Å². The van der Waals surface area contributed by atoms with Crippen LogP contribution in [-0.4, -0.2) is 61.3 Å². The highest BCUT2D eigenvalue weighted by Crippen LogP contribution is 2.24. The first-order valence-electron chi connectivity index (χ1n) is 8.80. The monoisotopic (exact) mass is 388 g/mol. The summed E-state index contributed by atoms with van der Waals surface area (Å²) < 4.78 is 9.85. The van der Waals surface area contributed by atoms with Gasteiger partial charge in [0.05, 0.1) is 18.6 Å². The quantitative estimate of drug-likeness (QED) is 0.358. The smallest absolute Gasteiger partial charge is 0.311 e. The molecule has 0 saturated heterocycles. The normalized spacial score (nSPS) is 12.7. The molecule has 27 heavy (non-hydrogen) atoms. The largest absolute Gasteiger partial charge is 0.465 e. The van der Waals surface area contributed by atoms with Gasteiger partial charge in [-0.2, -0.15) is 0 Å². The van der Waals surface area contributed by atoms with E-state index < -0.39 is 34.8 Å². The number of hydrogen-bond acceptors (Lipinski definition) is 7. The molecule has 0 bridgehead atoms. The first-order chi connectivity index (χ1) is 12.3. The van der Waals surface area contributed by atoms with E-state index in [1.54, 1.807) is 34.6 Å². The lowest BCUT2D eigenvalue weighted by Gasteiger charge is -2.30. The van der Waals surface area contributed by atoms with Crippen molar-refractivity contribution in [3.05, 3.63) is 0 Å². The first-order valence-corrected chi connectivity index (χ1v) is 8.80. The highest BCUT2D eigenvalue weighted by atomic mass is 16.5. The number of carbonyl (C=O) groups excluding carboxylic acids is 4. The van der Waals surface area contributed by atoms with Crippen molar-refractivity contribution in [2.24, 2.45) is 10.8 Å². The Kier molecular flexibility index (Phi) is 9.99. The van der Waals surface area contributed by atoms with Crippen molar-refractivity contribution in [1.82, 2.24) is 10.6 Å². The van der Waals surface area contributed by atoms with Gasteiger partial charge in [0.1, 0.15) is 12.7 Å². The summed E-state index contributed by atoms with van der Waals surface area (Å²) in [5.41, 5.74) is -1.66. The van der Waals surface area contributed by atoms with Crippen LogP contribution in [0.15, 0.2) is 0 Å². The molecule has 1 unspecified atom stereocenters. The lowest BCUT2D eigenvalue weighted by Crippen LogP contribution is -2.47. The van der Waals surface area contributed by atoms with Gasteiger partial charge in [0, 0.05) is 25.3 Å². The molecular formula is C18H32N2O7. The molecule has 0 aromatic carbocycles. The summed E-state index contributed by atoms with van der Waals surface area (Å²) in [5.74, 6) is -1.83. The third-order valence-electron chi connectivity index (χ3n) is 3.56. The minimum absolute atomic E-state index is 0.0119. The Hall–Kier alpha value is -2.16. The highest BCUT2D eigenvalue weighted by molar-refractivity contribution is 5.82. The van der Waals surface area contributed by atoms with Gasteiger partial charge in [0.25, 0.3) is 0 Å². The Balaban J connectivity index is 4.23. The second kappa shape index (κ2) is 10.9. The zero-order valence-corrected chi connectivity index (χ0v) is 17.0. The van der Waals surface area contributed by atoms with Crippen LogP contribution < -0.4 is 10.6 Å². The molecule has 156 valence electrons. The maximum atomic E-state index is 12.1. The van der Waals surface area contributed by atoms with Crippen LogP contribution in [0.2, 0.25) is 0 Å². The molecular weight excluding hydrogens is 356 g/mol. The predicted molar refractivity (Wildman–Crippen MR) is 97.5 cm³/mol. The number of carbonyl (C=O) groups is 4. The molecule has 3 N–H and O–H groups in total. The molecule has 0 aliphatic carbocycles. The number of aliphatic hydroxyl groups excluding tert-OH is 1. The Morgan fingerprint density at radius 2 is 1.56 bits per heavy atom. The molecule has 1 atom stereocenters. The minimum atomic E-state index is -1.41. The van der Waals surface area contributed by atoms with Gasteiger partial charge in [-0.3, -0.25) is 19.2 Å². The van der Waals surface area contributed by atoms with Gasteiger partial charge in [0.2, 0.25) is 11.8 Å². The molecule has 0 spiro atoms. The molecule has 0 aliphatic heterocycles. The number of nitrogens with one attached hydrogen (secondary N) is 2. The molecule has 0 aliphatic rings. The number of esters is 2. The van der Waals surface area contributed by atoms with Crippen molar-refractivity contribution in [2.75, 3.05) is 26.3 Å². The Bertz CT molecular complexity index is 538. The van der Waals surface area contributed by atoms with E-state index in [1.165, 1.54) is 6.92 Å². The van der Waals surface area contributed by atoms with Crippen molar-refractivity contribution in [2.45, 2.75) is 54.1 Å². The summed E-state index contributed by atoms with van der Waals surface area (Å²) in [4.78, 5) is 46.0. The number of ether oxygens (including phenoxy) is 2. The average Bonchev–Trinajstić information content (AvgIpc) is 2.54. The average molecular weight is 388 g/mol. The van der Waals surface area contributed by atoms with Gasteiger partial charge in [-0.1, -0.05) is 13.8 Å². The van der Waals surface area contributed by atoms with Gasteiger partial charge in [-0.25, -0.2) is 0 Å². The maximum Gasteiger partial charge on any atom is 0.311 e. The molecule has 0 radical (unpaired) electrons. The van der Waals surface area contributed by atoms with Gasteiger partial charge < -0.3 is 25.2 Å². The van der Waals surface area contributed by atoms with Crippen LogP contribution in [0.5, 0.6) is 0 Å². The zero-order valence-electron chi connectivity index (χ0n) is 17.0. The minimum Gasteiger partial charge on any atom is -0.465 e. The zero-order chi connectivity index (χ0) is 21.3. The topological polar surface area (TPSA) is 131 Å². The van der Waals surface area contributed by atoms with E-state index in [0.29, 0.717) is 0 Å². The van der Waals surface area contributed by atoms with E-state index >= 15 is 0 Å². The van der Waals surface area contributed by atoms with Gasteiger partial charge in [-0.15, -0.1) is 0 Å². The van der Waals surface area contributed by atoms with Crippen molar-refractivity contribution < 1.29 is 33.8 Å². The third-order valence-corrected chi connectivity index (χ3v) is 3.56. The summed E-state index contributed by atoms with van der Waals surface area (Å²) in [6.45, 7) is 9.79. The van der Waals surface area contributed by atoms with Crippen molar-refractivity contribution >= 4 is 23.8 Å². The summed E-state index contributed by atoms with van der Waals surface area (Å²) in [6, 6.07) is 0. The maximum absolute atomic E-state index is 12.1. The van der Waals surface area contributed by atoms with Crippen LogP contribution in [0.3, 0.4) is 0 Å². The van der Waals surface area contributed by atoms with E-state index in [2.05, 4.69) is 15.4 Å². The second-order valence-electron chi connectivity index (χ2n) is 7.95. The highest BCUT2D eigenvalue weighted by Gasteiger charge is 2.36. The van der Waals surface area contributed by atoms with Crippen molar-refractivity contribution in [3.63, 3.8) is 0 Å². The number of amides is 2. The number of rotatable bonds is 10. The Morgan fingerprint density at radius 3 is 2.07 bits per heavy atom. The molecule has 9 heteroatoms. The van der Waals surface area contributed by atoms with Gasteiger partial charge in [-0.05, 0) is 20.8 Å². The Labute approximate surface area is 160 Å². The van der Waals surface area contributed by atoms with Gasteiger partial charge >= 0.3 is 11.9 Å².